The third-order valence-electron chi connectivity index (χ3n) is 2.48. The minimum absolute atomic E-state index is 0.0840. The Morgan fingerprint density at radius 1 is 1.20 bits per heavy atom. The maximum atomic E-state index is 11.6. The van der Waals surface area contributed by atoms with Crippen molar-refractivity contribution >= 4 is 17.8 Å². The number of carbonyl (C=O) groups is 3. The minimum Gasteiger partial charge on any atom is -0.467 e. The quantitative estimate of drug-likeness (QED) is 0.797. The Morgan fingerprint density at radius 3 is 2.40 bits per heavy atom. The van der Waals surface area contributed by atoms with Crippen LogP contribution in [0.15, 0.2) is 30.3 Å². The molecule has 0 aliphatic rings. The monoisotopic (exact) mass is 279 g/mol. The zero-order valence-electron chi connectivity index (χ0n) is 11.4. The Morgan fingerprint density at radius 2 is 1.85 bits per heavy atom. The number of esters is 1. The summed E-state index contributed by atoms with van der Waals surface area (Å²) in [5.74, 6) is -0.916. The van der Waals surface area contributed by atoms with Gasteiger partial charge in [-0.2, -0.15) is 0 Å². The number of hydrogen-bond acceptors (Lipinski definition) is 5. The van der Waals surface area contributed by atoms with E-state index in [2.05, 4.69) is 10.1 Å². The third-order valence-corrected chi connectivity index (χ3v) is 2.48. The van der Waals surface area contributed by atoms with E-state index < -0.39 is 18.1 Å². The third kappa shape index (κ3) is 5.51. The van der Waals surface area contributed by atoms with E-state index in [1.54, 1.807) is 12.1 Å². The molecule has 0 aromatic heterocycles. The van der Waals surface area contributed by atoms with Gasteiger partial charge in [-0.3, -0.25) is 4.79 Å². The summed E-state index contributed by atoms with van der Waals surface area (Å²) in [5, 5.41) is 2.31. The molecule has 0 spiro atoms. The second kappa shape index (κ2) is 7.93. The van der Waals surface area contributed by atoms with Gasteiger partial charge in [0.05, 0.1) is 7.11 Å². The summed E-state index contributed by atoms with van der Waals surface area (Å²) in [6, 6.07) is 8.08. The average Bonchev–Trinajstić information content (AvgIpc) is 2.44. The molecule has 6 nitrogen and oxygen atoms in total. The molecule has 108 valence electrons. The van der Waals surface area contributed by atoms with Crippen LogP contribution in [0.25, 0.3) is 0 Å². The summed E-state index contributed by atoms with van der Waals surface area (Å²) in [7, 11) is 1.19. The van der Waals surface area contributed by atoms with Crippen LogP contribution in [0.3, 0.4) is 0 Å². The number of methoxy groups -OCH3 is 1. The standard InChI is InChI=1S/C14H17NO5/c1-10(16)8-12(13(17)19-2)15-14(18)20-9-11-6-4-3-5-7-11/h3-7,12H,8-9H2,1-2H3,(H,15,18)/t12-/m0/s1. The van der Waals surface area contributed by atoms with Crippen molar-refractivity contribution in [3.63, 3.8) is 0 Å². The first kappa shape index (κ1) is 15.7. The van der Waals surface area contributed by atoms with Crippen molar-refractivity contribution in [2.45, 2.75) is 26.0 Å². The van der Waals surface area contributed by atoms with Gasteiger partial charge in [-0.05, 0) is 12.5 Å². The van der Waals surface area contributed by atoms with E-state index in [1.165, 1.54) is 14.0 Å². The van der Waals surface area contributed by atoms with Gasteiger partial charge in [-0.1, -0.05) is 30.3 Å². The van der Waals surface area contributed by atoms with Crippen molar-refractivity contribution in [3.05, 3.63) is 35.9 Å². The van der Waals surface area contributed by atoms with Crippen LogP contribution in [0, 0.1) is 0 Å². The summed E-state index contributed by atoms with van der Waals surface area (Å²) < 4.78 is 9.48. The molecule has 0 radical (unpaired) electrons. The van der Waals surface area contributed by atoms with E-state index in [9.17, 15) is 14.4 Å². The molecule has 0 fully saturated rings. The molecule has 0 unspecified atom stereocenters. The Bertz CT molecular complexity index is 472. The molecule has 1 aromatic carbocycles. The first-order chi connectivity index (χ1) is 9.52. The van der Waals surface area contributed by atoms with Gasteiger partial charge in [-0.25, -0.2) is 9.59 Å². The van der Waals surface area contributed by atoms with Crippen LogP contribution in [0.1, 0.15) is 18.9 Å². The van der Waals surface area contributed by atoms with Crippen LogP contribution in [-0.2, 0) is 25.7 Å². The zero-order chi connectivity index (χ0) is 15.0. The van der Waals surface area contributed by atoms with Crippen molar-refractivity contribution < 1.29 is 23.9 Å². The Balaban J connectivity index is 2.49. The van der Waals surface area contributed by atoms with Crippen LogP contribution in [-0.4, -0.2) is 31.0 Å². The molecule has 1 aromatic rings. The lowest BCUT2D eigenvalue weighted by Gasteiger charge is -2.15. The highest BCUT2D eigenvalue weighted by Crippen LogP contribution is 2.02. The number of hydrogen-bond donors (Lipinski definition) is 1. The average molecular weight is 279 g/mol. The van der Waals surface area contributed by atoms with Gasteiger partial charge in [-0.15, -0.1) is 0 Å². The van der Waals surface area contributed by atoms with Gasteiger partial charge < -0.3 is 14.8 Å². The van der Waals surface area contributed by atoms with Crippen molar-refractivity contribution in [1.29, 1.82) is 0 Å². The highest BCUT2D eigenvalue weighted by molar-refractivity contribution is 5.87. The summed E-state index contributed by atoms with van der Waals surface area (Å²) in [5.41, 5.74) is 0.823. The van der Waals surface area contributed by atoms with Gasteiger partial charge in [0.2, 0.25) is 0 Å². The van der Waals surface area contributed by atoms with E-state index in [0.29, 0.717) is 0 Å². The molecule has 0 saturated heterocycles. The largest absolute Gasteiger partial charge is 0.467 e. The van der Waals surface area contributed by atoms with E-state index in [0.717, 1.165) is 5.56 Å². The second-order valence-corrected chi connectivity index (χ2v) is 4.19. The van der Waals surface area contributed by atoms with Gasteiger partial charge in [0.1, 0.15) is 18.4 Å². The molecule has 0 saturated carbocycles. The molecule has 0 bridgehead atoms. The number of nitrogens with one attached hydrogen (secondary N) is 1. The van der Waals surface area contributed by atoms with Crippen LogP contribution in [0.5, 0.6) is 0 Å². The molecule has 20 heavy (non-hydrogen) atoms. The summed E-state index contributed by atoms with van der Waals surface area (Å²) in [6.07, 6.45) is -0.905. The highest BCUT2D eigenvalue weighted by Gasteiger charge is 2.23. The second-order valence-electron chi connectivity index (χ2n) is 4.19. The van der Waals surface area contributed by atoms with E-state index >= 15 is 0 Å². The number of alkyl carbamates (subject to hydrolysis) is 1. The summed E-state index contributed by atoms with van der Waals surface area (Å²) >= 11 is 0. The topological polar surface area (TPSA) is 81.7 Å². The molecule has 0 aliphatic heterocycles. The lowest BCUT2D eigenvalue weighted by Crippen LogP contribution is -2.42. The summed E-state index contributed by atoms with van der Waals surface area (Å²) in [4.78, 5) is 34.0. The Hall–Kier alpha value is -2.37. The number of Topliss-reactive ketones (excluding diaryl/α,β-unsaturated/α-hetero) is 1. The molecular formula is C14H17NO5. The number of rotatable bonds is 6. The molecule has 1 rings (SSSR count). The Labute approximate surface area is 117 Å². The van der Waals surface area contributed by atoms with Gasteiger partial charge in [0.25, 0.3) is 0 Å². The molecular weight excluding hydrogens is 262 g/mol. The molecule has 1 N–H and O–H groups in total. The van der Waals surface area contributed by atoms with Crippen LogP contribution < -0.4 is 5.32 Å². The van der Waals surface area contributed by atoms with Crippen molar-refractivity contribution in [3.8, 4) is 0 Å². The minimum atomic E-state index is -1.03. The number of carbonyl (C=O) groups excluding carboxylic acids is 3. The van der Waals surface area contributed by atoms with Crippen LogP contribution in [0.2, 0.25) is 0 Å². The maximum Gasteiger partial charge on any atom is 0.408 e. The number of amides is 1. The first-order valence-electron chi connectivity index (χ1n) is 6.07. The van der Waals surface area contributed by atoms with Crippen LogP contribution in [0.4, 0.5) is 4.79 Å². The molecule has 0 aliphatic carbocycles. The van der Waals surface area contributed by atoms with Crippen LogP contribution >= 0.6 is 0 Å². The lowest BCUT2D eigenvalue weighted by molar-refractivity contribution is -0.144. The van der Waals surface area contributed by atoms with Crippen molar-refractivity contribution in [2.75, 3.05) is 7.11 Å². The summed E-state index contributed by atoms with van der Waals surface area (Å²) in [6.45, 7) is 1.41. The molecule has 1 atom stereocenters. The first-order valence-corrected chi connectivity index (χ1v) is 6.07. The fourth-order valence-corrected chi connectivity index (χ4v) is 1.53. The van der Waals surface area contributed by atoms with E-state index in [1.807, 2.05) is 18.2 Å². The maximum absolute atomic E-state index is 11.6. The molecule has 0 heterocycles. The number of benzene rings is 1. The number of ether oxygens (including phenoxy) is 2. The molecule has 6 heteroatoms. The predicted octanol–water partition coefficient (Wildman–Crippen LogP) is 1.43. The van der Waals surface area contributed by atoms with Gasteiger partial charge in [0, 0.05) is 6.42 Å². The van der Waals surface area contributed by atoms with Crippen molar-refractivity contribution in [1.82, 2.24) is 5.32 Å². The lowest BCUT2D eigenvalue weighted by atomic mass is 10.1. The smallest absolute Gasteiger partial charge is 0.408 e. The van der Waals surface area contributed by atoms with E-state index in [-0.39, 0.29) is 18.8 Å². The van der Waals surface area contributed by atoms with Gasteiger partial charge in [0.15, 0.2) is 0 Å². The van der Waals surface area contributed by atoms with Crippen molar-refractivity contribution in [2.24, 2.45) is 0 Å². The highest BCUT2D eigenvalue weighted by atomic mass is 16.6. The Kier molecular flexibility index (Phi) is 6.22. The fourth-order valence-electron chi connectivity index (χ4n) is 1.53. The fraction of sp³-hybridized carbons (Fsp3) is 0.357. The molecule has 1 amide bonds. The SMILES string of the molecule is COC(=O)[C@H](CC(C)=O)NC(=O)OCc1ccccc1. The zero-order valence-corrected chi connectivity index (χ0v) is 11.4. The van der Waals surface area contributed by atoms with Gasteiger partial charge >= 0.3 is 12.1 Å². The normalized spacial score (nSPS) is 11.3. The predicted molar refractivity (Wildman–Crippen MR) is 70.9 cm³/mol. The number of ketones is 1. The van der Waals surface area contributed by atoms with E-state index in [4.69, 9.17) is 4.74 Å².